The molecule has 1 aromatic rings. The maximum Gasteiger partial charge on any atom is 0.265 e. The minimum absolute atomic E-state index is 0. The summed E-state index contributed by atoms with van der Waals surface area (Å²) in [5, 5.41) is 3.11. The second-order valence-electron chi connectivity index (χ2n) is 7.59. The van der Waals surface area contributed by atoms with Gasteiger partial charge in [-0.2, -0.15) is 0 Å². The number of carbonyl (C=O) groups is 2. The van der Waals surface area contributed by atoms with Crippen LogP contribution in [0.15, 0.2) is 5.51 Å². The van der Waals surface area contributed by atoms with Gasteiger partial charge in [0.1, 0.15) is 4.88 Å². The van der Waals surface area contributed by atoms with Crippen molar-refractivity contribution in [3.05, 3.63) is 16.1 Å². The second-order valence-corrected chi connectivity index (χ2v) is 8.45. The minimum Gasteiger partial charge on any atom is -0.336 e. The van der Waals surface area contributed by atoms with Gasteiger partial charge < -0.3 is 15.1 Å². The molecule has 2 saturated heterocycles. The molecule has 3 rings (SSSR count). The summed E-state index contributed by atoms with van der Waals surface area (Å²) >= 11 is 1.42. The molecule has 2 aliphatic rings. The smallest absolute Gasteiger partial charge is 0.265 e. The third-order valence-corrected chi connectivity index (χ3v) is 5.54. The minimum atomic E-state index is -0.144. The molecule has 9 heteroatoms. The van der Waals surface area contributed by atoms with E-state index in [0.29, 0.717) is 13.1 Å². The van der Waals surface area contributed by atoms with Crippen LogP contribution in [-0.4, -0.2) is 65.4 Å². The van der Waals surface area contributed by atoms with Crippen LogP contribution < -0.4 is 5.32 Å². The van der Waals surface area contributed by atoms with Crippen LogP contribution in [0.25, 0.3) is 0 Å². The monoisotopic (exact) mass is 422 g/mol. The predicted octanol–water partition coefficient (Wildman–Crippen LogP) is 2.32. The lowest BCUT2D eigenvalue weighted by Gasteiger charge is -2.41. The predicted molar refractivity (Wildman–Crippen MR) is 109 cm³/mol. The number of thiazole rings is 1. The first-order chi connectivity index (χ1) is 11.4. The molecule has 0 bridgehead atoms. The first kappa shape index (κ1) is 23.1. The molecular formula is C17H28Cl2N4O2S. The quantitative estimate of drug-likeness (QED) is 0.793. The van der Waals surface area contributed by atoms with E-state index in [4.69, 9.17) is 0 Å². The topological polar surface area (TPSA) is 65.5 Å². The van der Waals surface area contributed by atoms with Crippen LogP contribution in [0.5, 0.6) is 0 Å². The van der Waals surface area contributed by atoms with Crippen molar-refractivity contribution in [2.24, 2.45) is 0 Å². The van der Waals surface area contributed by atoms with E-state index < -0.39 is 0 Å². The number of rotatable bonds is 2. The molecule has 2 aliphatic heterocycles. The molecule has 2 amide bonds. The number of likely N-dealkylation sites (tertiary alicyclic amines) is 1. The molecule has 1 N–H and O–H groups in total. The van der Waals surface area contributed by atoms with Crippen molar-refractivity contribution in [1.29, 1.82) is 0 Å². The maximum absolute atomic E-state index is 13.0. The first-order valence-corrected chi connectivity index (χ1v) is 9.49. The fraction of sp³-hybridized carbons (Fsp3) is 0.706. The van der Waals surface area contributed by atoms with Crippen LogP contribution in [-0.2, 0) is 10.2 Å². The number of amides is 2. The third-order valence-electron chi connectivity index (χ3n) is 4.72. The number of aromatic nitrogens is 1. The highest BCUT2D eigenvalue weighted by Gasteiger charge is 2.34. The number of carbonyl (C=O) groups excluding carboxylic acids is 2. The maximum atomic E-state index is 13.0. The Labute approximate surface area is 171 Å². The lowest BCUT2D eigenvalue weighted by molar-refractivity contribution is -0.135. The Kier molecular flexibility index (Phi) is 8.33. The summed E-state index contributed by atoms with van der Waals surface area (Å²) in [5.41, 5.74) is 2.49. The second kappa shape index (κ2) is 9.35. The van der Waals surface area contributed by atoms with E-state index >= 15 is 0 Å². The zero-order chi connectivity index (χ0) is 17.3. The summed E-state index contributed by atoms with van der Waals surface area (Å²) in [4.78, 5) is 34.2. The standard InChI is InChI=1S/C17H26N4O2S.2ClH/c1-17(2,3)15-14(24-11-19-15)16(23)20-7-4-5-12(10-20)21-8-6-18-9-13(21)22;;/h11-12,18H,4-10H2,1-3H3;2*1H. The van der Waals surface area contributed by atoms with Gasteiger partial charge in [-0.05, 0) is 12.8 Å². The molecule has 0 radical (unpaired) electrons. The summed E-state index contributed by atoms with van der Waals surface area (Å²) in [6, 6.07) is 0.142. The highest BCUT2D eigenvalue weighted by Crippen LogP contribution is 2.29. The average molecular weight is 423 g/mol. The van der Waals surface area contributed by atoms with Crippen LogP contribution in [0.3, 0.4) is 0 Å². The summed E-state index contributed by atoms with van der Waals surface area (Å²) in [6.45, 7) is 9.61. The van der Waals surface area contributed by atoms with Gasteiger partial charge in [0, 0.05) is 37.6 Å². The van der Waals surface area contributed by atoms with Gasteiger partial charge in [-0.15, -0.1) is 36.2 Å². The number of piperazine rings is 1. The summed E-state index contributed by atoms with van der Waals surface area (Å²) in [5.74, 6) is 0.212. The Morgan fingerprint density at radius 3 is 2.69 bits per heavy atom. The Morgan fingerprint density at radius 1 is 1.31 bits per heavy atom. The van der Waals surface area contributed by atoms with Crippen LogP contribution in [0.2, 0.25) is 0 Å². The fourth-order valence-electron chi connectivity index (χ4n) is 3.48. The molecule has 6 nitrogen and oxygen atoms in total. The number of nitrogens with one attached hydrogen (secondary N) is 1. The molecular weight excluding hydrogens is 395 g/mol. The van der Waals surface area contributed by atoms with E-state index in [9.17, 15) is 9.59 Å². The highest BCUT2D eigenvalue weighted by molar-refractivity contribution is 7.11. The van der Waals surface area contributed by atoms with Gasteiger partial charge in [-0.1, -0.05) is 20.8 Å². The van der Waals surface area contributed by atoms with E-state index in [2.05, 4.69) is 31.1 Å². The van der Waals surface area contributed by atoms with E-state index in [1.54, 1.807) is 5.51 Å². The Balaban J connectivity index is 0.00000169. The molecule has 1 unspecified atom stereocenters. The van der Waals surface area contributed by atoms with Gasteiger partial charge in [-0.3, -0.25) is 9.59 Å². The normalized spacial score (nSPS) is 21.0. The molecule has 0 spiro atoms. The van der Waals surface area contributed by atoms with Crippen molar-refractivity contribution in [1.82, 2.24) is 20.1 Å². The molecule has 1 aromatic heterocycles. The Morgan fingerprint density at radius 2 is 2.04 bits per heavy atom. The fourth-order valence-corrected chi connectivity index (χ4v) is 4.44. The Hall–Kier alpha value is -0.890. The van der Waals surface area contributed by atoms with Crippen molar-refractivity contribution in [2.45, 2.75) is 45.1 Å². The van der Waals surface area contributed by atoms with Crippen molar-refractivity contribution in [2.75, 3.05) is 32.7 Å². The molecule has 26 heavy (non-hydrogen) atoms. The Bertz CT molecular complexity index is 633. The number of nitrogens with zero attached hydrogens (tertiary/aromatic N) is 3. The van der Waals surface area contributed by atoms with E-state index in [1.807, 2.05) is 9.80 Å². The van der Waals surface area contributed by atoms with E-state index in [1.165, 1.54) is 11.3 Å². The zero-order valence-electron chi connectivity index (χ0n) is 15.5. The van der Waals surface area contributed by atoms with Crippen molar-refractivity contribution in [3.63, 3.8) is 0 Å². The van der Waals surface area contributed by atoms with Crippen LogP contribution in [0, 0.1) is 0 Å². The van der Waals surface area contributed by atoms with E-state index in [0.717, 1.165) is 43.0 Å². The zero-order valence-corrected chi connectivity index (χ0v) is 17.9. The van der Waals surface area contributed by atoms with Crippen LogP contribution in [0.4, 0.5) is 0 Å². The largest absolute Gasteiger partial charge is 0.336 e. The third kappa shape index (κ3) is 4.88. The van der Waals surface area contributed by atoms with Crippen molar-refractivity contribution < 1.29 is 9.59 Å². The van der Waals surface area contributed by atoms with Gasteiger partial charge in [0.05, 0.1) is 17.7 Å². The molecule has 0 aliphatic carbocycles. The molecule has 3 heterocycles. The lowest BCUT2D eigenvalue weighted by Crippen LogP contribution is -2.57. The van der Waals surface area contributed by atoms with Gasteiger partial charge in [-0.25, -0.2) is 4.98 Å². The van der Waals surface area contributed by atoms with E-state index in [-0.39, 0.29) is 48.1 Å². The SMILES string of the molecule is CC(C)(C)c1ncsc1C(=O)N1CCCC(N2CCNCC2=O)C1.Cl.Cl. The van der Waals surface area contributed by atoms with Crippen LogP contribution in [0.1, 0.15) is 49.0 Å². The number of halogens is 2. The number of hydrogen-bond donors (Lipinski definition) is 1. The van der Waals surface area contributed by atoms with Gasteiger partial charge in [0.25, 0.3) is 5.91 Å². The van der Waals surface area contributed by atoms with Gasteiger partial charge in [0.2, 0.25) is 5.91 Å². The molecule has 1 atom stereocenters. The first-order valence-electron chi connectivity index (χ1n) is 8.61. The summed E-state index contributed by atoms with van der Waals surface area (Å²) < 4.78 is 0. The average Bonchev–Trinajstić information content (AvgIpc) is 3.04. The van der Waals surface area contributed by atoms with Crippen molar-refractivity contribution in [3.8, 4) is 0 Å². The molecule has 0 saturated carbocycles. The highest BCUT2D eigenvalue weighted by atomic mass is 35.5. The number of hydrogen-bond acceptors (Lipinski definition) is 5. The van der Waals surface area contributed by atoms with Gasteiger partial charge >= 0.3 is 0 Å². The molecule has 0 aromatic carbocycles. The molecule has 2 fully saturated rings. The van der Waals surface area contributed by atoms with Gasteiger partial charge in [0.15, 0.2) is 0 Å². The molecule has 148 valence electrons. The lowest BCUT2D eigenvalue weighted by atomic mass is 9.91. The number of piperidine rings is 1. The van der Waals surface area contributed by atoms with Crippen molar-refractivity contribution >= 4 is 48.0 Å². The van der Waals surface area contributed by atoms with Crippen LogP contribution >= 0.6 is 36.2 Å². The summed E-state index contributed by atoms with van der Waals surface area (Å²) in [6.07, 6.45) is 1.92. The summed E-state index contributed by atoms with van der Waals surface area (Å²) in [7, 11) is 0.